The number of carbonyl (C=O) groups is 2. The number of hydrogen-bond acceptors (Lipinski definition) is 3. The molecule has 0 amide bonds. The van der Waals surface area contributed by atoms with Gasteiger partial charge in [-0.2, -0.15) is 0 Å². The molecule has 1 atom stereocenters. The first-order chi connectivity index (χ1) is 4.98. The van der Waals surface area contributed by atoms with Gasteiger partial charge >= 0.3 is 5.97 Å². The Morgan fingerprint density at radius 3 is 2.18 bits per heavy atom. The van der Waals surface area contributed by atoms with Crippen molar-refractivity contribution >= 4 is 11.8 Å². The van der Waals surface area contributed by atoms with Crippen LogP contribution in [0.25, 0.3) is 0 Å². The number of carboxylic acid groups (broad SMARTS) is 1. The zero-order valence-corrected chi connectivity index (χ0v) is 6.46. The molecule has 1 unspecified atom stereocenters. The van der Waals surface area contributed by atoms with Gasteiger partial charge in [-0.05, 0) is 12.8 Å². The molecule has 0 aromatic carbocycles. The molecule has 1 radical (unpaired) electrons. The van der Waals surface area contributed by atoms with Gasteiger partial charge in [0.25, 0.3) is 5.78 Å². The van der Waals surface area contributed by atoms with Crippen LogP contribution in [-0.2, 0) is 9.59 Å². The third-order valence-corrected chi connectivity index (χ3v) is 1.72. The fraction of sp³-hybridized carbons (Fsp3) is 0.571. The van der Waals surface area contributed by atoms with E-state index in [0.717, 1.165) is 0 Å². The minimum Gasteiger partial charge on any atom is -0.475 e. The minimum absolute atomic E-state index is 0.106. The Labute approximate surface area is 65.4 Å². The standard InChI is InChI=1S/C7H12NO3/c1-3-7(8,4-2)5(9)6(10)11/h1,3-4,8H2,2H3,(H,10,11). The Hall–Kier alpha value is -0.900. The number of carboxylic acids is 1. The van der Waals surface area contributed by atoms with E-state index in [1.165, 1.54) is 0 Å². The van der Waals surface area contributed by atoms with Gasteiger partial charge in [-0.3, -0.25) is 4.79 Å². The van der Waals surface area contributed by atoms with Crippen LogP contribution in [-0.4, -0.2) is 22.4 Å². The highest BCUT2D eigenvalue weighted by molar-refractivity contribution is 6.36. The monoisotopic (exact) mass is 158 g/mol. The van der Waals surface area contributed by atoms with Crippen molar-refractivity contribution in [1.82, 2.24) is 0 Å². The van der Waals surface area contributed by atoms with E-state index in [4.69, 9.17) is 10.8 Å². The van der Waals surface area contributed by atoms with Crippen LogP contribution in [0, 0.1) is 6.92 Å². The van der Waals surface area contributed by atoms with Crippen LogP contribution in [0.3, 0.4) is 0 Å². The Bertz CT molecular complexity index is 173. The minimum atomic E-state index is -1.49. The lowest BCUT2D eigenvalue weighted by Gasteiger charge is -2.21. The summed E-state index contributed by atoms with van der Waals surface area (Å²) in [6, 6.07) is 0. The summed E-state index contributed by atoms with van der Waals surface area (Å²) in [4.78, 5) is 21.1. The predicted octanol–water partition coefficient (Wildman–Crippen LogP) is -0.0282. The molecule has 63 valence electrons. The van der Waals surface area contributed by atoms with E-state index in [0.29, 0.717) is 6.42 Å². The summed E-state index contributed by atoms with van der Waals surface area (Å²) in [6.07, 6.45) is 0.399. The molecule has 0 saturated heterocycles. The molecule has 3 N–H and O–H groups in total. The van der Waals surface area contributed by atoms with E-state index >= 15 is 0 Å². The molecule has 0 fully saturated rings. The summed E-state index contributed by atoms with van der Waals surface area (Å²) in [7, 11) is 0. The van der Waals surface area contributed by atoms with Gasteiger partial charge in [0.1, 0.15) is 0 Å². The van der Waals surface area contributed by atoms with Crippen LogP contribution < -0.4 is 5.73 Å². The molecule has 0 bridgehead atoms. The van der Waals surface area contributed by atoms with Gasteiger partial charge < -0.3 is 10.8 Å². The average Bonchev–Trinajstić information content (AvgIpc) is 2.01. The fourth-order valence-corrected chi connectivity index (χ4v) is 0.664. The number of carbonyl (C=O) groups excluding carboxylic acids is 1. The van der Waals surface area contributed by atoms with E-state index < -0.39 is 17.3 Å². The van der Waals surface area contributed by atoms with Gasteiger partial charge in [0, 0.05) is 0 Å². The smallest absolute Gasteiger partial charge is 0.374 e. The number of Topliss-reactive ketones (excluding diaryl/α,β-unsaturated/α-hetero) is 1. The third kappa shape index (κ3) is 2.01. The molecule has 0 aliphatic carbocycles. The van der Waals surface area contributed by atoms with Crippen LogP contribution in [0.1, 0.15) is 19.8 Å². The highest BCUT2D eigenvalue weighted by atomic mass is 16.4. The molecule has 0 aromatic rings. The summed E-state index contributed by atoms with van der Waals surface area (Å²) in [6.45, 7) is 5.08. The number of aliphatic carboxylic acids is 1. The molecule has 0 rings (SSSR count). The van der Waals surface area contributed by atoms with Crippen molar-refractivity contribution in [3.05, 3.63) is 6.92 Å². The van der Waals surface area contributed by atoms with E-state index in [1.54, 1.807) is 6.92 Å². The van der Waals surface area contributed by atoms with Crippen molar-refractivity contribution in [1.29, 1.82) is 0 Å². The van der Waals surface area contributed by atoms with Crippen molar-refractivity contribution in [3.8, 4) is 0 Å². The van der Waals surface area contributed by atoms with E-state index in [1.807, 2.05) is 0 Å². The molecular formula is C7H12NO3. The quantitative estimate of drug-likeness (QED) is 0.563. The lowest BCUT2D eigenvalue weighted by atomic mass is 9.89. The molecule has 4 nitrogen and oxygen atoms in total. The Balaban J connectivity index is 4.50. The molecule has 0 saturated carbocycles. The van der Waals surface area contributed by atoms with Crippen LogP contribution in [0.15, 0.2) is 0 Å². The van der Waals surface area contributed by atoms with Gasteiger partial charge in [-0.25, -0.2) is 4.79 Å². The second-order valence-corrected chi connectivity index (χ2v) is 2.39. The maximum Gasteiger partial charge on any atom is 0.374 e. The van der Waals surface area contributed by atoms with Crippen LogP contribution in [0.2, 0.25) is 0 Å². The van der Waals surface area contributed by atoms with Crippen molar-refractivity contribution < 1.29 is 14.7 Å². The second-order valence-electron chi connectivity index (χ2n) is 2.39. The third-order valence-electron chi connectivity index (χ3n) is 1.72. The van der Waals surface area contributed by atoms with Crippen molar-refractivity contribution in [2.24, 2.45) is 5.73 Å². The lowest BCUT2D eigenvalue weighted by molar-refractivity contribution is -0.151. The Morgan fingerprint density at radius 2 is 2.09 bits per heavy atom. The number of ketones is 1. The first kappa shape index (κ1) is 10.1. The van der Waals surface area contributed by atoms with Crippen molar-refractivity contribution in [2.75, 3.05) is 0 Å². The number of hydrogen-bond donors (Lipinski definition) is 2. The molecule has 0 spiro atoms. The summed E-state index contributed by atoms with van der Waals surface area (Å²) < 4.78 is 0. The zero-order chi connectivity index (χ0) is 9.07. The first-order valence-electron chi connectivity index (χ1n) is 3.33. The number of nitrogens with two attached hydrogens (primary N) is 1. The first-order valence-corrected chi connectivity index (χ1v) is 3.33. The van der Waals surface area contributed by atoms with Crippen LogP contribution in [0.4, 0.5) is 0 Å². The maximum absolute atomic E-state index is 10.9. The molecule has 0 aromatic heterocycles. The van der Waals surface area contributed by atoms with Gasteiger partial charge in [-0.15, -0.1) is 0 Å². The van der Waals surface area contributed by atoms with E-state index in [-0.39, 0.29) is 6.42 Å². The SMILES string of the molecule is [CH2]CC(N)(CC)C(=O)C(=O)O. The Morgan fingerprint density at radius 1 is 1.64 bits per heavy atom. The summed E-state index contributed by atoms with van der Waals surface area (Å²) >= 11 is 0. The topological polar surface area (TPSA) is 80.4 Å². The van der Waals surface area contributed by atoms with Crippen molar-refractivity contribution in [2.45, 2.75) is 25.3 Å². The summed E-state index contributed by atoms with van der Waals surface area (Å²) in [5.74, 6) is -2.45. The average molecular weight is 158 g/mol. The largest absolute Gasteiger partial charge is 0.475 e. The van der Waals surface area contributed by atoms with Crippen LogP contribution in [0.5, 0.6) is 0 Å². The Kier molecular flexibility index (Phi) is 3.19. The summed E-state index contributed by atoms with van der Waals surface area (Å²) in [5.41, 5.74) is 4.16. The van der Waals surface area contributed by atoms with Gasteiger partial charge in [0.15, 0.2) is 0 Å². The van der Waals surface area contributed by atoms with Gasteiger partial charge in [0.05, 0.1) is 5.54 Å². The number of rotatable bonds is 4. The summed E-state index contributed by atoms with van der Waals surface area (Å²) in [5, 5.41) is 8.32. The van der Waals surface area contributed by atoms with E-state index in [9.17, 15) is 9.59 Å². The van der Waals surface area contributed by atoms with Crippen LogP contribution >= 0.6 is 0 Å². The molecule has 0 heterocycles. The fourth-order valence-electron chi connectivity index (χ4n) is 0.664. The van der Waals surface area contributed by atoms with E-state index in [2.05, 4.69) is 6.92 Å². The molecule has 4 heteroatoms. The zero-order valence-electron chi connectivity index (χ0n) is 6.46. The highest BCUT2D eigenvalue weighted by Gasteiger charge is 2.34. The molecular weight excluding hydrogens is 146 g/mol. The van der Waals surface area contributed by atoms with Gasteiger partial charge in [0.2, 0.25) is 0 Å². The highest BCUT2D eigenvalue weighted by Crippen LogP contribution is 2.11. The lowest BCUT2D eigenvalue weighted by Crippen LogP contribution is -2.50. The second kappa shape index (κ2) is 3.48. The molecule has 0 aliphatic heterocycles. The van der Waals surface area contributed by atoms with Crippen molar-refractivity contribution in [3.63, 3.8) is 0 Å². The van der Waals surface area contributed by atoms with Gasteiger partial charge in [-0.1, -0.05) is 13.8 Å². The molecule has 0 aliphatic rings. The maximum atomic E-state index is 10.9. The predicted molar refractivity (Wildman–Crippen MR) is 39.8 cm³/mol. The molecule has 11 heavy (non-hydrogen) atoms. The normalized spacial score (nSPS) is 11.2.